The van der Waals surface area contributed by atoms with E-state index in [9.17, 15) is 13.6 Å². The zero-order chi connectivity index (χ0) is 15.1. The highest BCUT2D eigenvalue weighted by Crippen LogP contribution is 2.31. The lowest BCUT2D eigenvalue weighted by atomic mass is 10.2. The van der Waals surface area contributed by atoms with Crippen LogP contribution in [0.5, 0.6) is 0 Å². The molecule has 0 aliphatic carbocycles. The molecule has 108 valence electrons. The van der Waals surface area contributed by atoms with Crippen LogP contribution in [0, 0.1) is 11.6 Å². The minimum atomic E-state index is -0.768. The molecule has 2 aromatic carbocycles. The first-order valence-electron chi connectivity index (χ1n) is 5.78. The van der Waals surface area contributed by atoms with E-state index < -0.39 is 17.4 Å². The Bertz CT molecular complexity index is 904. The number of anilines is 3. The van der Waals surface area contributed by atoms with Gasteiger partial charge in [0.05, 0.1) is 27.1 Å². The fraction of sp³-hybridized carbons (Fsp3) is 0. The molecule has 1 aromatic heterocycles. The van der Waals surface area contributed by atoms with Crippen LogP contribution in [0.2, 0.25) is 0 Å². The molecule has 0 amide bonds. The van der Waals surface area contributed by atoms with Gasteiger partial charge in [-0.1, -0.05) is 0 Å². The van der Waals surface area contributed by atoms with Crippen molar-refractivity contribution in [3.05, 3.63) is 50.9 Å². The first kappa shape index (κ1) is 13.6. The van der Waals surface area contributed by atoms with Crippen LogP contribution in [0.3, 0.4) is 0 Å². The van der Waals surface area contributed by atoms with Gasteiger partial charge in [0.2, 0.25) is 0 Å². The maximum atomic E-state index is 13.7. The van der Waals surface area contributed by atoms with Crippen LogP contribution < -0.4 is 16.8 Å². The zero-order valence-corrected chi connectivity index (χ0v) is 11.9. The quantitative estimate of drug-likeness (QED) is 0.485. The molecule has 0 radical (unpaired) electrons. The Balaban J connectivity index is 2.07. The number of rotatable bonds is 2. The van der Waals surface area contributed by atoms with Crippen LogP contribution in [-0.2, 0) is 0 Å². The molecular weight excluding hydrogens is 348 g/mol. The number of nitrogen functional groups attached to an aromatic ring is 1. The van der Waals surface area contributed by atoms with Crippen LogP contribution in [-0.4, -0.2) is 4.98 Å². The number of benzene rings is 2. The Labute approximate surface area is 124 Å². The third-order valence-electron chi connectivity index (χ3n) is 2.87. The van der Waals surface area contributed by atoms with Crippen molar-refractivity contribution in [2.45, 2.75) is 0 Å². The average Bonchev–Trinajstić information content (AvgIpc) is 2.75. The van der Waals surface area contributed by atoms with E-state index in [0.29, 0.717) is 16.8 Å². The molecule has 0 fully saturated rings. The molecule has 0 aliphatic rings. The molecule has 0 atom stereocenters. The summed E-state index contributed by atoms with van der Waals surface area (Å²) in [6.45, 7) is 0. The smallest absolute Gasteiger partial charge is 0.408 e. The summed E-state index contributed by atoms with van der Waals surface area (Å²) in [5.74, 6) is -2.09. The van der Waals surface area contributed by atoms with Crippen molar-refractivity contribution in [1.82, 2.24) is 4.98 Å². The van der Waals surface area contributed by atoms with Gasteiger partial charge in [0.1, 0.15) is 11.6 Å². The van der Waals surface area contributed by atoms with Gasteiger partial charge in [0.25, 0.3) is 0 Å². The standard InChI is InChI=1S/C13H8BrF2N3O2/c14-5-1-9(7(16)2-6(5)15)18-10-4-11-12(3-8(10)17)21-13(20)19-11/h1-4,18H,17H2,(H,19,20). The van der Waals surface area contributed by atoms with E-state index in [1.807, 2.05) is 0 Å². The molecule has 8 heteroatoms. The summed E-state index contributed by atoms with van der Waals surface area (Å²) in [5.41, 5.74) is 7.18. The summed E-state index contributed by atoms with van der Waals surface area (Å²) < 4.78 is 31.9. The normalized spacial score (nSPS) is 11.0. The number of hydrogen-bond acceptors (Lipinski definition) is 4. The summed E-state index contributed by atoms with van der Waals surface area (Å²) in [6.07, 6.45) is 0. The first-order valence-corrected chi connectivity index (χ1v) is 6.57. The summed E-state index contributed by atoms with van der Waals surface area (Å²) >= 11 is 2.98. The SMILES string of the molecule is Nc1cc2oc(=O)[nH]c2cc1Nc1cc(Br)c(F)cc1F. The Morgan fingerprint density at radius 1 is 1.14 bits per heavy atom. The van der Waals surface area contributed by atoms with Crippen molar-refractivity contribution in [2.75, 3.05) is 11.1 Å². The van der Waals surface area contributed by atoms with E-state index >= 15 is 0 Å². The maximum Gasteiger partial charge on any atom is 0.417 e. The van der Waals surface area contributed by atoms with Crippen LogP contribution in [0.1, 0.15) is 0 Å². The molecule has 21 heavy (non-hydrogen) atoms. The predicted octanol–water partition coefficient (Wildman–Crippen LogP) is 3.49. The number of fused-ring (bicyclic) bond motifs is 1. The highest BCUT2D eigenvalue weighted by molar-refractivity contribution is 9.10. The average molecular weight is 356 g/mol. The fourth-order valence-corrected chi connectivity index (χ4v) is 2.23. The molecule has 0 spiro atoms. The Morgan fingerprint density at radius 3 is 2.67 bits per heavy atom. The minimum absolute atomic E-state index is 0.0418. The number of aromatic amines is 1. The number of halogens is 3. The number of nitrogens with one attached hydrogen (secondary N) is 2. The van der Waals surface area contributed by atoms with Crippen molar-refractivity contribution in [2.24, 2.45) is 0 Å². The molecular formula is C13H8BrF2N3O2. The number of oxazole rings is 1. The van der Waals surface area contributed by atoms with Gasteiger partial charge in [0.15, 0.2) is 5.58 Å². The van der Waals surface area contributed by atoms with Crippen molar-refractivity contribution in [3.8, 4) is 0 Å². The van der Waals surface area contributed by atoms with Crippen molar-refractivity contribution >= 4 is 44.1 Å². The van der Waals surface area contributed by atoms with Gasteiger partial charge in [-0.25, -0.2) is 13.6 Å². The van der Waals surface area contributed by atoms with E-state index in [4.69, 9.17) is 10.2 Å². The molecule has 0 aliphatic heterocycles. The van der Waals surface area contributed by atoms with Gasteiger partial charge in [-0.05, 0) is 28.1 Å². The fourth-order valence-electron chi connectivity index (χ4n) is 1.88. The van der Waals surface area contributed by atoms with E-state index in [0.717, 1.165) is 6.07 Å². The molecule has 1 heterocycles. The molecule has 3 aromatic rings. The highest BCUT2D eigenvalue weighted by atomic mass is 79.9. The number of nitrogens with two attached hydrogens (primary N) is 1. The Morgan fingerprint density at radius 2 is 1.90 bits per heavy atom. The largest absolute Gasteiger partial charge is 0.417 e. The van der Waals surface area contributed by atoms with Crippen molar-refractivity contribution in [1.29, 1.82) is 0 Å². The van der Waals surface area contributed by atoms with Gasteiger partial charge in [-0.3, -0.25) is 4.98 Å². The second kappa shape index (κ2) is 4.88. The lowest BCUT2D eigenvalue weighted by molar-refractivity contribution is 0.555. The Kier molecular flexibility index (Phi) is 3.17. The van der Waals surface area contributed by atoms with Gasteiger partial charge in [0, 0.05) is 12.1 Å². The third-order valence-corrected chi connectivity index (χ3v) is 3.48. The lowest BCUT2D eigenvalue weighted by Crippen LogP contribution is -1.99. The third kappa shape index (κ3) is 2.49. The number of hydrogen-bond donors (Lipinski definition) is 3. The topological polar surface area (TPSA) is 84.0 Å². The van der Waals surface area contributed by atoms with E-state index in [2.05, 4.69) is 26.2 Å². The molecule has 0 bridgehead atoms. The lowest BCUT2D eigenvalue weighted by Gasteiger charge is -2.11. The molecule has 3 rings (SSSR count). The maximum absolute atomic E-state index is 13.7. The van der Waals surface area contributed by atoms with Crippen LogP contribution in [0.4, 0.5) is 25.8 Å². The monoisotopic (exact) mass is 355 g/mol. The van der Waals surface area contributed by atoms with Crippen LogP contribution in [0.25, 0.3) is 11.1 Å². The summed E-state index contributed by atoms with van der Waals surface area (Å²) in [7, 11) is 0. The Hall–Kier alpha value is -2.35. The molecule has 0 saturated heterocycles. The highest BCUT2D eigenvalue weighted by Gasteiger charge is 2.11. The van der Waals surface area contributed by atoms with Gasteiger partial charge < -0.3 is 15.5 Å². The van der Waals surface area contributed by atoms with E-state index in [-0.39, 0.29) is 15.8 Å². The molecule has 5 nitrogen and oxygen atoms in total. The number of H-pyrrole nitrogens is 1. The van der Waals surface area contributed by atoms with Gasteiger partial charge in [-0.2, -0.15) is 0 Å². The molecule has 0 unspecified atom stereocenters. The minimum Gasteiger partial charge on any atom is -0.408 e. The summed E-state index contributed by atoms with van der Waals surface area (Å²) in [6, 6.07) is 4.95. The predicted molar refractivity (Wildman–Crippen MR) is 78.6 cm³/mol. The van der Waals surface area contributed by atoms with Crippen molar-refractivity contribution in [3.63, 3.8) is 0 Å². The second-order valence-electron chi connectivity index (χ2n) is 4.32. The van der Waals surface area contributed by atoms with Crippen LogP contribution >= 0.6 is 15.9 Å². The van der Waals surface area contributed by atoms with Crippen molar-refractivity contribution < 1.29 is 13.2 Å². The number of aromatic nitrogens is 1. The van der Waals surface area contributed by atoms with Gasteiger partial charge in [-0.15, -0.1) is 0 Å². The molecule has 4 N–H and O–H groups in total. The first-order chi connectivity index (χ1) is 9.94. The summed E-state index contributed by atoms with van der Waals surface area (Å²) in [5, 5.41) is 2.75. The van der Waals surface area contributed by atoms with E-state index in [1.165, 1.54) is 18.2 Å². The molecule has 0 saturated carbocycles. The zero-order valence-electron chi connectivity index (χ0n) is 10.3. The summed E-state index contributed by atoms with van der Waals surface area (Å²) in [4.78, 5) is 13.6. The second-order valence-corrected chi connectivity index (χ2v) is 5.18. The van der Waals surface area contributed by atoms with E-state index in [1.54, 1.807) is 0 Å². The van der Waals surface area contributed by atoms with Gasteiger partial charge >= 0.3 is 5.76 Å². The van der Waals surface area contributed by atoms with Crippen LogP contribution in [0.15, 0.2) is 37.9 Å².